The van der Waals surface area contributed by atoms with Gasteiger partial charge in [0.25, 0.3) is 0 Å². The molecule has 1 aliphatic heterocycles. The molecule has 0 saturated carbocycles. The number of nitrogens with zero attached hydrogens (tertiary/aromatic N) is 1. The molecule has 2 N–H and O–H groups in total. The molecule has 0 unspecified atom stereocenters. The van der Waals surface area contributed by atoms with Crippen LogP contribution in [0.4, 0.5) is 0 Å². The van der Waals surface area contributed by atoms with Crippen molar-refractivity contribution in [3.05, 3.63) is 24.3 Å². The molecule has 0 radical (unpaired) electrons. The third-order valence-electron chi connectivity index (χ3n) is 4.20. The summed E-state index contributed by atoms with van der Waals surface area (Å²) in [5.41, 5.74) is 0. The Morgan fingerprint density at radius 2 is 2.00 bits per heavy atom. The van der Waals surface area contributed by atoms with Crippen LogP contribution in [0.5, 0.6) is 5.75 Å². The monoisotopic (exact) mass is 393 g/mol. The van der Waals surface area contributed by atoms with E-state index in [0.29, 0.717) is 5.75 Å². The van der Waals surface area contributed by atoms with Crippen molar-refractivity contribution in [2.45, 2.75) is 17.0 Å². The van der Waals surface area contributed by atoms with Crippen molar-refractivity contribution >= 4 is 19.7 Å². The molecule has 0 aliphatic carbocycles. The van der Waals surface area contributed by atoms with Crippen molar-refractivity contribution in [1.82, 2.24) is 4.90 Å². The predicted octanol–water partition coefficient (Wildman–Crippen LogP) is -1.08. The number of aliphatic hydroxyl groups is 2. The fraction of sp³-hybridized carbons (Fsp3) is 0.600. The summed E-state index contributed by atoms with van der Waals surface area (Å²) >= 11 is 0. The minimum absolute atomic E-state index is 0.0113. The number of aliphatic hydroxyl groups excluding tert-OH is 2. The van der Waals surface area contributed by atoms with Gasteiger partial charge in [-0.15, -0.1) is 0 Å². The fourth-order valence-corrected chi connectivity index (χ4v) is 6.01. The fourth-order valence-electron chi connectivity index (χ4n) is 2.88. The van der Waals surface area contributed by atoms with Crippen LogP contribution in [0.2, 0.25) is 0 Å². The van der Waals surface area contributed by atoms with Crippen molar-refractivity contribution in [2.75, 3.05) is 44.1 Å². The lowest BCUT2D eigenvalue weighted by Gasteiger charge is -2.29. The van der Waals surface area contributed by atoms with Gasteiger partial charge in [0, 0.05) is 13.1 Å². The first kappa shape index (κ1) is 20.1. The molecule has 1 aliphatic rings. The van der Waals surface area contributed by atoms with Crippen molar-refractivity contribution in [1.29, 1.82) is 0 Å². The van der Waals surface area contributed by atoms with Crippen LogP contribution in [0.1, 0.15) is 0 Å². The highest BCUT2D eigenvalue weighted by molar-refractivity contribution is 7.91. The Balaban J connectivity index is 2.12. The minimum atomic E-state index is -3.62. The van der Waals surface area contributed by atoms with Gasteiger partial charge in [-0.3, -0.25) is 4.90 Å². The van der Waals surface area contributed by atoms with Crippen LogP contribution in [0.3, 0.4) is 0 Å². The number of hydrogen-bond donors (Lipinski definition) is 2. The van der Waals surface area contributed by atoms with Crippen molar-refractivity contribution in [3.63, 3.8) is 0 Å². The number of benzene rings is 1. The number of sulfone groups is 2. The van der Waals surface area contributed by atoms with Gasteiger partial charge in [0.15, 0.2) is 19.7 Å². The number of rotatable bonds is 8. The maximum atomic E-state index is 12.5. The van der Waals surface area contributed by atoms with E-state index in [0.717, 1.165) is 0 Å². The third kappa shape index (κ3) is 5.14. The van der Waals surface area contributed by atoms with E-state index >= 15 is 0 Å². The molecule has 0 amide bonds. The van der Waals surface area contributed by atoms with Gasteiger partial charge in [-0.25, -0.2) is 16.8 Å². The van der Waals surface area contributed by atoms with Crippen molar-refractivity contribution in [2.24, 2.45) is 0 Å². The van der Waals surface area contributed by atoms with Gasteiger partial charge in [-0.2, -0.15) is 0 Å². The number of ether oxygens (including phenoxy) is 1. The average molecular weight is 393 g/mol. The summed E-state index contributed by atoms with van der Waals surface area (Å²) < 4.78 is 53.4. The lowest BCUT2D eigenvalue weighted by atomic mass is 10.2. The first-order valence-corrected chi connectivity index (χ1v) is 11.3. The molecule has 1 fully saturated rings. The molecule has 10 heteroatoms. The maximum Gasteiger partial charge on any atom is 0.179 e. The summed E-state index contributed by atoms with van der Waals surface area (Å²) in [6.07, 6.45) is -1.09. The van der Waals surface area contributed by atoms with Crippen LogP contribution in [0.15, 0.2) is 29.2 Å². The van der Waals surface area contributed by atoms with E-state index < -0.39 is 31.8 Å². The molecule has 8 nitrogen and oxygen atoms in total. The molecule has 1 aromatic carbocycles. The summed E-state index contributed by atoms with van der Waals surface area (Å²) in [5.74, 6) is -0.426. The van der Waals surface area contributed by atoms with Crippen molar-refractivity contribution in [3.8, 4) is 5.75 Å². The Morgan fingerprint density at radius 3 is 2.56 bits per heavy atom. The lowest BCUT2D eigenvalue weighted by Crippen LogP contribution is -2.46. The predicted molar refractivity (Wildman–Crippen MR) is 92.2 cm³/mol. The Morgan fingerprint density at radius 1 is 1.28 bits per heavy atom. The largest absolute Gasteiger partial charge is 0.497 e. The van der Waals surface area contributed by atoms with Crippen LogP contribution in [0.25, 0.3) is 0 Å². The highest BCUT2D eigenvalue weighted by Gasteiger charge is 2.40. The van der Waals surface area contributed by atoms with Crippen LogP contribution >= 0.6 is 0 Å². The molecule has 0 bridgehead atoms. The van der Waals surface area contributed by atoms with E-state index in [1.165, 1.54) is 24.1 Å². The Bertz CT molecular complexity index is 792. The van der Waals surface area contributed by atoms with Gasteiger partial charge in [0.1, 0.15) is 5.75 Å². The molecule has 0 spiro atoms. The first-order valence-electron chi connectivity index (χ1n) is 7.79. The second-order valence-electron chi connectivity index (χ2n) is 5.97. The third-order valence-corrected chi connectivity index (χ3v) is 7.59. The smallest absolute Gasteiger partial charge is 0.179 e. The van der Waals surface area contributed by atoms with Gasteiger partial charge < -0.3 is 14.9 Å². The summed E-state index contributed by atoms with van der Waals surface area (Å²) in [7, 11) is -5.54. The molecule has 1 saturated heterocycles. The Hall–Kier alpha value is -1.20. The van der Waals surface area contributed by atoms with E-state index in [1.54, 1.807) is 12.1 Å². The van der Waals surface area contributed by atoms with E-state index in [4.69, 9.17) is 4.74 Å². The van der Waals surface area contributed by atoms with Gasteiger partial charge in [-0.05, 0) is 18.2 Å². The maximum absolute atomic E-state index is 12.5. The second kappa shape index (κ2) is 8.00. The molecule has 2 atom stereocenters. The van der Waals surface area contributed by atoms with Gasteiger partial charge in [0.2, 0.25) is 0 Å². The Labute approximate surface area is 147 Å². The highest BCUT2D eigenvalue weighted by Crippen LogP contribution is 2.21. The molecule has 25 heavy (non-hydrogen) atoms. The minimum Gasteiger partial charge on any atom is -0.497 e. The molecular formula is C15H23NO7S2. The van der Waals surface area contributed by atoms with E-state index in [-0.39, 0.29) is 41.9 Å². The topological polar surface area (TPSA) is 121 Å². The zero-order valence-electron chi connectivity index (χ0n) is 13.9. The van der Waals surface area contributed by atoms with Gasteiger partial charge in [-0.1, -0.05) is 6.07 Å². The second-order valence-corrected chi connectivity index (χ2v) is 10.2. The molecule has 1 heterocycles. The number of methoxy groups -OCH3 is 1. The van der Waals surface area contributed by atoms with Crippen molar-refractivity contribution < 1.29 is 31.8 Å². The van der Waals surface area contributed by atoms with E-state index in [1.807, 2.05) is 0 Å². The summed E-state index contributed by atoms with van der Waals surface area (Å²) in [4.78, 5) is 1.63. The summed E-state index contributed by atoms with van der Waals surface area (Å²) in [6, 6.07) is 5.38. The molecule has 2 rings (SSSR count). The zero-order chi connectivity index (χ0) is 18.7. The standard InChI is InChI=1S/C15H23NO7S2/c1-23-12-3-2-4-13(9-12)25(21,22)8-6-16(5-7-17)14-10-24(19,20)11-15(14)18/h2-4,9,14-15,17-18H,5-8,10-11H2,1H3/t14-,15-/m0/s1. The normalized spacial score (nSPS) is 23.0. The quantitative estimate of drug-likeness (QED) is 0.572. The van der Waals surface area contributed by atoms with Gasteiger partial charge >= 0.3 is 0 Å². The van der Waals surface area contributed by atoms with Crippen LogP contribution in [-0.2, 0) is 19.7 Å². The molecular weight excluding hydrogens is 370 g/mol. The van der Waals surface area contributed by atoms with E-state index in [9.17, 15) is 27.0 Å². The van der Waals surface area contributed by atoms with Crippen LogP contribution < -0.4 is 4.74 Å². The Kier molecular flexibility index (Phi) is 6.44. The number of hydrogen-bond acceptors (Lipinski definition) is 8. The average Bonchev–Trinajstić information content (AvgIpc) is 2.84. The summed E-state index contributed by atoms with van der Waals surface area (Å²) in [6.45, 7) is -0.162. The van der Waals surface area contributed by atoms with E-state index in [2.05, 4.69) is 0 Å². The first-order chi connectivity index (χ1) is 11.7. The lowest BCUT2D eigenvalue weighted by molar-refractivity contribution is 0.0744. The molecule has 142 valence electrons. The SMILES string of the molecule is COc1cccc(S(=O)(=O)CCN(CCO)[C@H]2CS(=O)(=O)C[C@@H]2O)c1. The zero-order valence-corrected chi connectivity index (χ0v) is 15.5. The highest BCUT2D eigenvalue weighted by atomic mass is 32.2. The van der Waals surface area contributed by atoms with Crippen LogP contribution in [-0.4, -0.2) is 88.2 Å². The molecule has 0 aromatic heterocycles. The molecule has 1 aromatic rings. The van der Waals surface area contributed by atoms with Gasteiger partial charge in [0.05, 0.1) is 48.0 Å². The van der Waals surface area contributed by atoms with Crippen LogP contribution in [0, 0.1) is 0 Å². The summed E-state index contributed by atoms with van der Waals surface area (Å²) in [5, 5.41) is 19.2.